The van der Waals surface area contributed by atoms with Crippen molar-refractivity contribution >= 4 is 16.9 Å². The van der Waals surface area contributed by atoms with Crippen LogP contribution in [0.2, 0.25) is 0 Å². The number of amides is 1. The molecule has 1 N–H and O–H groups in total. The van der Waals surface area contributed by atoms with Crippen LogP contribution in [0.1, 0.15) is 34.5 Å². The summed E-state index contributed by atoms with van der Waals surface area (Å²) in [5, 5.41) is 11.4. The summed E-state index contributed by atoms with van der Waals surface area (Å²) in [5.41, 5.74) is 4.67. The smallest absolute Gasteiger partial charge is 0.251 e. The first-order valence-electron chi connectivity index (χ1n) is 8.94. The molecule has 4 rings (SSSR count). The monoisotopic (exact) mass is 356 g/mol. The molecule has 1 amide bonds. The maximum Gasteiger partial charge on any atom is 0.251 e. The number of hydrogen-bond acceptors (Lipinski definition) is 3. The minimum absolute atomic E-state index is 0.0418. The van der Waals surface area contributed by atoms with Gasteiger partial charge in [-0.3, -0.25) is 4.79 Å². The van der Waals surface area contributed by atoms with E-state index in [0.717, 1.165) is 22.2 Å². The number of benzene rings is 3. The highest BCUT2D eigenvalue weighted by molar-refractivity contribution is 5.94. The summed E-state index contributed by atoms with van der Waals surface area (Å²) in [6, 6.07) is 25.4. The van der Waals surface area contributed by atoms with Gasteiger partial charge < -0.3 is 5.32 Å². The Morgan fingerprint density at radius 1 is 0.963 bits per heavy atom. The summed E-state index contributed by atoms with van der Waals surface area (Å²) in [5.74, 6) is -0.0795. The van der Waals surface area contributed by atoms with E-state index in [1.807, 2.05) is 90.5 Å². The van der Waals surface area contributed by atoms with Crippen LogP contribution in [0.3, 0.4) is 0 Å². The molecule has 0 aliphatic rings. The Balaban J connectivity index is 1.45. The van der Waals surface area contributed by atoms with Crippen LogP contribution in [-0.2, 0) is 6.54 Å². The maximum absolute atomic E-state index is 12.5. The van der Waals surface area contributed by atoms with E-state index in [1.165, 1.54) is 0 Å². The van der Waals surface area contributed by atoms with E-state index in [1.54, 1.807) is 0 Å². The number of carbonyl (C=O) groups excluding carboxylic acids is 1. The lowest BCUT2D eigenvalue weighted by Crippen LogP contribution is -2.26. The van der Waals surface area contributed by atoms with Crippen molar-refractivity contribution in [3.63, 3.8) is 0 Å². The van der Waals surface area contributed by atoms with Crippen molar-refractivity contribution in [2.75, 3.05) is 0 Å². The van der Waals surface area contributed by atoms with Crippen LogP contribution < -0.4 is 5.32 Å². The minimum atomic E-state index is -0.0795. The van der Waals surface area contributed by atoms with Crippen molar-refractivity contribution in [2.24, 2.45) is 0 Å². The zero-order valence-electron chi connectivity index (χ0n) is 15.0. The van der Waals surface area contributed by atoms with E-state index in [4.69, 9.17) is 0 Å². The molecular formula is C22H20N4O. The van der Waals surface area contributed by atoms with Crippen LogP contribution in [0.5, 0.6) is 0 Å². The third-order valence-corrected chi connectivity index (χ3v) is 4.62. The number of aromatic nitrogens is 3. The average Bonchev–Trinajstić information content (AvgIpc) is 3.12. The van der Waals surface area contributed by atoms with E-state index in [0.29, 0.717) is 12.1 Å². The maximum atomic E-state index is 12.5. The number of nitrogens with one attached hydrogen (secondary N) is 1. The van der Waals surface area contributed by atoms with Crippen LogP contribution in [0.4, 0.5) is 0 Å². The molecule has 0 fully saturated rings. The third-order valence-electron chi connectivity index (χ3n) is 4.62. The third kappa shape index (κ3) is 3.72. The van der Waals surface area contributed by atoms with Gasteiger partial charge in [-0.1, -0.05) is 59.8 Å². The van der Waals surface area contributed by atoms with Crippen molar-refractivity contribution in [3.05, 3.63) is 95.6 Å². The molecule has 0 unspecified atom stereocenters. The lowest BCUT2D eigenvalue weighted by atomic mass is 10.1. The second kappa shape index (κ2) is 7.41. The first kappa shape index (κ1) is 17.0. The number of fused-ring (bicyclic) bond motifs is 1. The molecule has 1 aromatic heterocycles. The molecule has 0 aliphatic carbocycles. The topological polar surface area (TPSA) is 59.8 Å². The highest BCUT2D eigenvalue weighted by atomic mass is 16.1. The predicted molar refractivity (Wildman–Crippen MR) is 105 cm³/mol. The molecule has 5 heteroatoms. The fourth-order valence-electron chi connectivity index (χ4n) is 3.07. The van der Waals surface area contributed by atoms with Gasteiger partial charge in [-0.2, -0.15) is 0 Å². The second-order valence-corrected chi connectivity index (χ2v) is 6.54. The predicted octanol–water partition coefficient (Wildman–Crippen LogP) is 3.97. The molecule has 3 aromatic carbocycles. The van der Waals surface area contributed by atoms with Crippen molar-refractivity contribution in [3.8, 4) is 0 Å². The van der Waals surface area contributed by atoms with Gasteiger partial charge in [0.1, 0.15) is 5.52 Å². The Morgan fingerprint density at radius 2 is 1.67 bits per heavy atom. The summed E-state index contributed by atoms with van der Waals surface area (Å²) in [7, 11) is 0. The first-order chi connectivity index (χ1) is 13.2. The van der Waals surface area contributed by atoms with E-state index >= 15 is 0 Å². The number of hydrogen-bond donors (Lipinski definition) is 1. The van der Waals surface area contributed by atoms with E-state index in [-0.39, 0.29) is 11.9 Å². The fraction of sp³-hybridized carbons (Fsp3) is 0.136. The fourth-order valence-corrected chi connectivity index (χ4v) is 3.07. The molecule has 4 aromatic rings. The highest BCUT2D eigenvalue weighted by Crippen LogP contribution is 2.15. The lowest BCUT2D eigenvalue weighted by molar-refractivity contribution is 0.0940. The Morgan fingerprint density at radius 3 is 2.44 bits per heavy atom. The van der Waals surface area contributed by atoms with Crippen LogP contribution >= 0.6 is 0 Å². The number of nitrogens with zero attached hydrogens (tertiary/aromatic N) is 3. The lowest BCUT2D eigenvalue weighted by Gasteiger charge is -2.14. The molecule has 1 atom stereocenters. The molecule has 0 bridgehead atoms. The number of para-hydroxylation sites is 1. The highest BCUT2D eigenvalue weighted by Gasteiger charge is 2.11. The number of carbonyl (C=O) groups is 1. The Bertz CT molecular complexity index is 1050. The second-order valence-electron chi connectivity index (χ2n) is 6.54. The molecule has 27 heavy (non-hydrogen) atoms. The van der Waals surface area contributed by atoms with Crippen LogP contribution in [-0.4, -0.2) is 20.9 Å². The molecule has 0 radical (unpaired) electrons. The average molecular weight is 356 g/mol. The molecule has 134 valence electrons. The molecule has 0 saturated heterocycles. The SMILES string of the molecule is C[C@H](NC(=O)c1ccc(Cn2nnc3ccccc32)cc1)c1ccccc1. The molecule has 0 spiro atoms. The normalized spacial score (nSPS) is 12.0. The van der Waals surface area contributed by atoms with Gasteiger partial charge in [0.15, 0.2) is 0 Å². The zero-order chi connectivity index (χ0) is 18.6. The number of rotatable bonds is 5. The zero-order valence-corrected chi connectivity index (χ0v) is 15.0. The summed E-state index contributed by atoms with van der Waals surface area (Å²) in [6.45, 7) is 2.60. The molecular weight excluding hydrogens is 336 g/mol. The van der Waals surface area contributed by atoms with Gasteiger partial charge in [-0.25, -0.2) is 4.68 Å². The van der Waals surface area contributed by atoms with Crippen molar-refractivity contribution in [1.82, 2.24) is 20.3 Å². The minimum Gasteiger partial charge on any atom is -0.346 e. The Hall–Kier alpha value is -3.47. The van der Waals surface area contributed by atoms with Crippen molar-refractivity contribution < 1.29 is 4.79 Å². The van der Waals surface area contributed by atoms with E-state index in [2.05, 4.69) is 15.6 Å². The van der Waals surface area contributed by atoms with Crippen molar-refractivity contribution in [2.45, 2.75) is 19.5 Å². The molecule has 0 aliphatic heterocycles. The van der Waals surface area contributed by atoms with E-state index in [9.17, 15) is 4.79 Å². The van der Waals surface area contributed by atoms with Crippen LogP contribution in [0.15, 0.2) is 78.9 Å². The largest absolute Gasteiger partial charge is 0.346 e. The van der Waals surface area contributed by atoms with Gasteiger partial charge in [0, 0.05) is 5.56 Å². The Kier molecular flexibility index (Phi) is 4.66. The Labute approximate surface area is 157 Å². The molecule has 1 heterocycles. The van der Waals surface area contributed by atoms with Gasteiger partial charge in [0.2, 0.25) is 0 Å². The van der Waals surface area contributed by atoms with Gasteiger partial charge in [0.05, 0.1) is 18.1 Å². The summed E-state index contributed by atoms with van der Waals surface area (Å²) in [6.07, 6.45) is 0. The van der Waals surface area contributed by atoms with Gasteiger partial charge in [-0.05, 0) is 42.3 Å². The summed E-state index contributed by atoms with van der Waals surface area (Å²) < 4.78 is 1.86. The molecule has 0 saturated carbocycles. The quantitative estimate of drug-likeness (QED) is 0.589. The molecule has 5 nitrogen and oxygen atoms in total. The van der Waals surface area contributed by atoms with Gasteiger partial charge in [0.25, 0.3) is 5.91 Å². The first-order valence-corrected chi connectivity index (χ1v) is 8.94. The van der Waals surface area contributed by atoms with Gasteiger partial charge >= 0.3 is 0 Å². The summed E-state index contributed by atoms with van der Waals surface area (Å²) >= 11 is 0. The van der Waals surface area contributed by atoms with E-state index < -0.39 is 0 Å². The van der Waals surface area contributed by atoms with Crippen molar-refractivity contribution in [1.29, 1.82) is 0 Å². The van der Waals surface area contributed by atoms with Crippen LogP contribution in [0, 0.1) is 0 Å². The standard InChI is InChI=1S/C22H20N4O/c1-16(18-7-3-2-4-8-18)23-22(27)19-13-11-17(12-14-19)15-26-21-10-6-5-9-20(21)24-25-26/h2-14,16H,15H2,1H3,(H,23,27)/t16-/m0/s1. The summed E-state index contributed by atoms with van der Waals surface area (Å²) in [4.78, 5) is 12.5. The van der Waals surface area contributed by atoms with Crippen LogP contribution in [0.25, 0.3) is 11.0 Å². The van der Waals surface area contributed by atoms with Gasteiger partial charge in [-0.15, -0.1) is 5.10 Å².